The second-order valence-electron chi connectivity index (χ2n) is 5.81. The van der Waals surface area contributed by atoms with Crippen molar-refractivity contribution in [2.45, 2.75) is 31.7 Å². The summed E-state index contributed by atoms with van der Waals surface area (Å²) in [5.41, 5.74) is -0.137. The van der Waals surface area contributed by atoms with Crippen molar-refractivity contribution >= 4 is 29.0 Å². The molecule has 1 aromatic heterocycles. The molecule has 1 fully saturated rings. The van der Waals surface area contributed by atoms with Gasteiger partial charge in [0.1, 0.15) is 11.6 Å². The topological polar surface area (TPSA) is 99.3 Å². The first kappa shape index (κ1) is 17.2. The Bertz CT molecular complexity index is 786. The summed E-state index contributed by atoms with van der Waals surface area (Å²) in [6.07, 6.45) is 6.10. The number of carbonyl (C=O) groups is 1. The zero-order valence-electron chi connectivity index (χ0n) is 13.4. The third kappa shape index (κ3) is 4.08. The second-order valence-corrected chi connectivity index (χ2v) is 6.22. The largest absolute Gasteiger partial charge is 0.482 e. The molecule has 0 bridgehead atoms. The van der Waals surface area contributed by atoms with Crippen LogP contribution in [0.15, 0.2) is 30.5 Å². The zero-order valence-corrected chi connectivity index (χ0v) is 14.1. The van der Waals surface area contributed by atoms with Crippen molar-refractivity contribution in [1.29, 1.82) is 0 Å². The first-order valence-electron chi connectivity index (χ1n) is 7.94. The summed E-state index contributed by atoms with van der Waals surface area (Å²) in [4.78, 5) is 22.2. The highest BCUT2D eigenvalue weighted by atomic mass is 35.5. The van der Waals surface area contributed by atoms with E-state index in [4.69, 9.17) is 16.3 Å². The molecule has 9 heteroatoms. The Balaban J connectivity index is 1.59. The average Bonchev–Trinajstić information content (AvgIpc) is 3.24. The molecule has 3 rings (SSSR count). The minimum atomic E-state index is -0.549. The lowest BCUT2D eigenvalue weighted by Gasteiger charge is -2.15. The molecule has 0 atom stereocenters. The van der Waals surface area contributed by atoms with E-state index in [9.17, 15) is 14.9 Å². The molecule has 1 aromatic carbocycles. The number of nitrogens with zero attached hydrogens (tertiary/aromatic N) is 3. The van der Waals surface area contributed by atoms with E-state index in [1.807, 2.05) is 4.68 Å². The van der Waals surface area contributed by atoms with Crippen LogP contribution in [0.1, 0.15) is 31.7 Å². The summed E-state index contributed by atoms with van der Waals surface area (Å²) in [5, 5.41) is 17.8. The van der Waals surface area contributed by atoms with Gasteiger partial charge in [0.2, 0.25) is 0 Å². The molecule has 0 spiro atoms. The first-order valence-corrected chi connectivity index (χ1v) is 8.32. The molecule has 132 valence electrons. The molecule has 1 aliphatic carbocycles. The summed E-state index contributed by atoms with van der Waals surface area (Å²) in [6, 6.07) is 5.89. The Kier molecular flexibility index (Phi) is 5.18. The quantitative estimate of drug-likeness (QED) is 0.623. The Morgan fingerprint density at radius 3 is 2.84 bits per heavy atom. The molecule has 0 saturated heterocycles. The van der Waals surface area contributed by atoms with Gasteiger partial charge in [-0.15, -0.1) is 0 Å². The maximum atomic E-state index is 12.1. The van der Waals surface area contributed by atoms with Crippen molar-refractivity contribution in [3.8, 4) is 5.75 Å². The summed E-state index contributed by atoms with van der Waals surface area (Å²) >= 11 is 5.94. The molecule has 0 unspecified atom stereocenters. The summed E-state index contributed by atoms with van der Waals surface area (Å²) in [7, 11) is 0. The number of nitrogens with one attached hydrogen (secondary N) is 1. The number of nitro benzene ring substituents is 1. The van der Waals surface area contributed by atoms with E-state index in [0.717, 1.165) is 12.8 Å². The van der Waals surface area contributed by atoms with Crippen LogP contribution in [-0.4, -0.2) is 27.2 Å². The maximum Gasteiger partial charge on any atom is 0.271 e. The van der Waals surface area contributed by atoms with E-state index >= 15 is 0 Å². The number of amides is 1. The van der Waals surface area contributed by atoms with Gasteiger partial charge in [-0.25, -0.2) is 4.68 Å². The third-order valence-corrected chi connectivity index (χ3v) is 4.39. The minimum Gasteiger partial charge on any atom is -0.482 e. The lowest BCUT2D eigenvalue weighted by Crippen LogP contribution is -2.23. The van der Waals surface area contributed by atoms with Crippen molar-refractivity contribution in [2.24, 2.45) is 0 Å². The number of carbonyl (C=O) groups excluding carboxylic acids is 1. The van der Waals surface area contributed by atoms with Crippen molar-refractivity contribution < 1.29 is 14.5 Å². The van der Waals surface area contributed by atoms with Gasteiger partial charge in [-0.3, -0.25) is 14.9 Å². The highest BCUT2D eigenvalue weighted by molar-refractivity contribution is 6.32. The van der Waals surface area contributed by atoms with E-state index in [-0.39, 0.29) is 29.0 Å². The Labute approximate surface area is 148 Å². The van der Waals surface area contributed by atoms with Crippen LogP contribution in [0.5, 0.6) is 5.75 Å². The predicted octanol–water partition coefficient (Wildman–Crippen LogP) is 3.58. The lowest BCUT2D eigenvalue weighted by atomic mass is 10.2. The van der Waals surface area contributed by atoms with Crippen molar-refractivity contribution in [1.82, 2.24) is 9.78 Å². The van der Waals surface area contributed by atoms with Gasteiger partial charge < -0.3 is 10.1 Å². The summed E-state index contributed by atoms with van der Waals surface area (Å²) in [6.45, 7) is -0.257. The molecule has 2 aromatic rings. The van der Waals surface area contributed by atoms with E-state index < -0.39 is 4.92 Å². The van der Waals surface area contributed by atoms with Gasteiger partial charge in [0.15, 0.2) is 6.61 Å². The SMILES string of the molecule is O=C(COc1ccc([N+](=O)[O-])cc1Cl)Nc1ccnn1C1CCCC1. The Morgan fingerprint density at radius 2 is 2.16 bits per heavy atom. The van der Waals surface area contributed by atoms with Crippen molar-refractivity contribution in [3.63, 3.8) is 0 Å². The van der Waals surface area contributed by atoms with Crippen LogP contribution in [0, 0.1) is 10.1 Å². The van der Waals surface area contributed by atoms with Crippen LogP contribution in [-0.2, 0) is 4.79 Å². The standard InChI is InChI=1S/C16H17ClN4O4/c17-13-9-12(21(23)24)5-6-14(13)25-10-16(22)19-15-7-8-18-20(15)11-3-1-2-4-11/h5-9,11H,1-4,10H2,(H,19,22). The van der Waals surface area contributed by atoms with Gasteiger partial charge in [0.05, 0.1) is 22.2 Å². The zero-order chi connectivity index (χ0) is 17.8. The number of hydrogen-bond donors (Lipinski definition) is 1. The Morgan fingerprint density at radius 1 is 1.40 bits per heavy atom. The molecular weight excluding hydrogens is 348 g/mol. The maximum absolute atomic E-state index is 12.1. The number of hydrogen-bond acceptors (Lipinski definition) is 5. The van der Waals surface area contributed by atoms with Gasteiger partial charge in [0, 0.05) is 18.2 Å². The normalized spacial score (nSPS) is 14.4. The second kappa shape index (κ2) is 7.52. The van der Waals surface area contributed by atoms with Crippen LogP contribution >= 0.6 is 11.6 Å². The number of non-ortho nitro benzene ring substituents is 1. The molecule has 8 nitrogen and oxygen atoms in total. The van der Waals surface area contributed by atoms with E-state index in [0.29, 0.717) is 11.9 Å². The fourth-order valence-corrected chi connectivity index (χ4v) is 3.13. The van der Waals surface area contributed by atoms with Gasteiger partial charge in [-0.05, 0) is 18.9 Å². The van der Waals surface area contributed by atoms with Crippen LogP contribution in [0.25, 0.3) is 0 Å². The van der Waals surface area contributed by atoms with E-state index in [1.165, 1.54) is 31.0 Å². The van der Waals surface area contributed by atoms with E-state index in [1.54, 1.807) is 12.3 Å². The number of halogens is 1. The molecule has 0 aliphatic heterocycles. The molecule has 25 heavy (non-hydrogen) atoms. The molecule has 1 heterocycles. The molecule has 1 amide bonds. The van der Waals surface area contributed by atoms with Gasteiger partial charge in [-0.2, -0.15) is 5.10 Å². The average molecular weight is 365 g/mol. The number of rotatable bonds is 6. The first-order chi connectivity index (χ1) is 12.0. The fourth-order valence-electron chi connectivity index (χ4n) is 2.90. The third-order valence-electron chi connectivity index (χ3n) is 4.09. The number of benzene rings is 1. The van der Waals surface area contributed by atoms with Crippen LogP contribution in [0.3, 0.4) is 0 Å². The molecule has 0 radical (unpaired) electrons. The Hall–Kier alpha value is -2.61. The smallest absolute Gasteiger partial charge is 0.271 e. The van der Waals surface area contributed by atoms with Crippen molar-refractivity contribution in [3.05, 3.63) is 45.6 Å². The molecule has 1 saturated carbocycles. The van der Waals surface area contributed by atoms with E-state index in [2.05, 4.69) is 10.4 Å². The summed E-state index contributed by atoms with van der Waals surface area (Å²) in [5.74, 6) is 0.496. The van der Waals surface area contributed by atoms with Crippen LogP contribution in [0.4, 0.5) is 11.5 Å². The number of aromatic nitrogens is 2. The minimum absolute atomic E-state index is 0.0815. The fraction of sp³-hybridized carbons (Fsp3) is 0.375. The monoisotopic (exact) mass is 364 g/mol. The molecule has 1 N–H and O–H groups in total. The number of anilines is 1. The summed E-state index contributed by atoms with van der Waals surface area (Å²) < 4.78 is 7.19. The van der Waals surface area contributed by atoms with Gasteiger partial charge in [0.25, 0.3) is 11.6 Å². The van der Waals surface area contributed by atoms with Gasteiger partial charge in [-0.1, -0.05) is 24.4 Å². The van der Waals surface area contributed by atoms with Crippen LogP contribution < -0.4 is 10.1 Å². The molecular formula is C16H17ClN4O4. The van der Waals surface area contributed by atoms with Crippen molar-refractivity contribution in [2.75, 3.05) is 11.9 Å². The predicted molar refractivity (Wildman–Crippen MR) is 92.0 cm³/mol. The van der Waals surface area contributed by atoms with Gasteiger partial charge >= 0.3 is 0 Å². The highest BCUT2D eigenvalue weighted by Gasteiger charge is 2.20. The highest BCUT2D eigenvalue weighted by Crippen LogP contribution is 2.31. The molecule has 1 aliphatic rings. The number of nitro groups is 1. The lowest BCUT2D eigenvalue weighted by molar-refractivity contribution is -0.384. The van der Waals surface area contributed by atoms with Crippen LogP contribution in [0.2, 0.25) is 5.02 Å². The number of ether oxygens (including phenoxy) is 1.